The van der Waals surface area contributed by atoms with Crippen molar-refractivity contribution < 1.29 is 29.0 Å². The van der Waals surface area contributed by atoms with Gasteiger partial charge in [0.25, 0.3) is 0 Å². The van der Waals surface area contributed by atoms with Crippen LogP contribution in [0.2, 0.25) is 0 Å². The lowest BCUT2D eigenvalue weighted by molar-refractivity contribution is -0.140. The van der Waals surface area contributed by atoms with Gasteiger partial charge in [-0.1, -0.05) is 6.58 Å². The molecular formula is C12H10O6. The molecule has 18 heavy (non-hydrogen) atoms. The van der Waals surface area contributed by atoms with E-state index >= 15 is 0 Å². The Kier molecular flexibility index (Phi) is 4.20. The molecule has 0 unspecified atom stereocenters. The standard InChI is InChI=1S/C12H10O6/c1-7(10(13)14)11(15)18-12(16)8-3-5-9(17-2)6-4-8/h3-6H,1H2,2H3,(H,13,14). The van der Waals surface area contributed by atoms with E-state index in [1.54, 1.807) is 0 Å². The van der Waals surface area contributed by atoms with Crippen LogP contribution in [0.25, 0.3) is 0 Å². The monoisotopic (exact) mass is 250 g/mol. The highest BCUT2D eigenvalue weighted by Gasteiger charge is 2.20. The van der Waals surface area contributed by atoms with Gasteiger partial charge in [0, 0.05) is 0 Å². The van der Waals surface area contributed by atoms with Gasteiger partial charge in [0.2, 0.25) is 0 Å². The van der Waals surface area contributed by atoms with Crippen molar-refractivity contribution in [2.24, 2.45) is 0 Å². The molecule has 0 saturated heterocycles. The highest BCUT2D eigenvalue weighted by Crippen LogP contribution is 2.12. The quantitative estimate of drug-likeness (QED) is 0.371. The Hall–Kier alpha value is -2.63. The van der Waals surface area contributed by atoms with E-state index in [2.05, 4.69) is 11.3 Å². The Morgan fingerprint density at radius 2 is 1.72 bits per heavy atom. The fourth-order valence-corrected chi connectivity index (χ4v) is 1.02. The number of ether oxygens (including phenoxy) is 2. The molecule has 0 aliphatic heterocycles. The zero-order chi connectivity index (χ0) is 13.7. The molecule has 0 atom stereocenters. The summed E-state index contributed by atoms with van der Waals surface area (Å²) in [6.45, 7) is 2.98. The average molecular weight is 250 g/mol. The van der Waals surface area contributed by atoms with Gasteiger partial charge in [0.05, 0.1) is 12.7 Å². The van der Waals surface area contributed by atoms with Crippen LogP contribution in [0.5, 0.6) is 5.75 Å². The van der Waals surface area contributed by atoms with Crippen molar-refractivity contribution in [3.63, 3.8) is 0 Å². The molecule has 0 aromatic heterocycles. The number of methoxy groups -OCH3 is 1. The van der Waals surface area contributed by atoms with Gasteiger partial charge in [0.1, 0.15) is 11.3 Å². The molecule has 0 aliphatic rings. The van der Waals surface area contributed by atoms with Crippen LogP contribution in [-0.4, -0.2) is 30.1 Å². The van der Waals surface area contributed by atoms with Gasteiger partial charge >= 0.3 is 17.9 Å². The van der Waals surface area contributed by atoms with Crippen molar-refractivity contribution in [2.45, 2.75) is 0 Å². The van der Waals surface area contributed by atoms with Crippen LogP contribution < -0.4 is 4.74 Å². The SMILES string of the molecule is C=C(C(=O)O)C(=O)OC(=O)c1ccc(OC)cc1. The van der Waals surface area contributed by atoms with E-state index < -0.39 is 23.5 Å². The van der Waals surface area contributed by atoms with Crippen LogP contribution in [-0.2, 0) is 14.3 Å². The van der Waals surface area contributed by atoms with E-state index in [-0.39, 0.29) is 5.56 Å². The van der Waals surface area contributed by atoms with E-state index in [4.69, 9.17) is 9.84 Å². The summed E-state index contributed by atoms with van der Waals surface area (Å²) in [4.78, 5) is 33.0. The molecule has 1 rings (SSSR count). The molecule has 0 radical (unpaired) electrons. The lowest BCUT2D eigenvalue weighted by Gasteiger charge is -2.03. The maximum Gasteiger partial charge on any atom is 0.352 e. The van der Waals surface area contributed by atoms with Crippen molar-refractivity contribution in [2.75, 3.05) is 7.11 Å². The summed E-state index contributed by atoms with van der Waals surface area (Å²) < 4.78 is 9.22. The Labute approximate surface area is 102 Å². The number of carboxylic acids is 1. The Bertz CT molecular complexity index is 500. The third kappa shape index (κ3) is 3.18. The molecule has 0 fully saturated rings. The summed E-state index contributed by atoms with van der Waals surface area (Å²) in [7, 11) is 1.47. The second kappa shape index (κ2) is 5.62. The summed E-state index contributed by atoms with van der Waals surface area (Å²) in [6.07, 6.45) is 0. The topological polar surface area (TPSA) is 89.9 Å². The molecule has 94 valence electrons. The van der Waals surface area contributed by atoms with Crippen LogP contribution in [0.15, 0.2) is 36.4 Å². The molecular weight excluding hydrogens is 240 g/mol. The second-order valence-corrected chi connectivity index (χ2v) is 3.19. The molecule has 6 nitrogen and oxygen atoms in total. The van der Waals surface area contributed by atoms with Crippen molar-refractivity contribution in [1.82, 2.24) is 0 Å². The number of esters is 2. The summed E-state index contributed by atoms with van der Waals surface area (Å²) in [5, 5.41) is 8.48. The second-order valence-electron chi connectivity index (χ2n) is 3.19. The van der Waals surface area contributed by atoms with Crippen molar-refractivity contribution >= 4 is 17.9 Å². The van der Waals surface area contributed by atoms with Gasteiger partial charge in [0.15, 0.2) is 0 Å². The molecule has 0 spiro atoms. The lowest BCUT2D eigenvalue weighted by atomic mass is 10.2. The normalized spacial score (nSPS) is 9.39. The number of carboxylic acid groups (broad SMARTS) is 1. The van der Waals surface area contributed by atoms with Crippen LogP contribution >= 0.6 is 0 Å². The number of aliphatic carboxylic acids is 1. The molecule has 0 heterocycles. The molecule has 6 heteroatoms. The molecule has 1 aromatic rings. The first-order valence-corrected chi connectivity index (χ1v) is 4.78. The van der Waals surface area contributed by atoms with Gasteiger partial charge in [-0.2, -0.15) is 0 Å². The number of benzene rings is 1. The van der Waals surface area contributed by atoms with E-state index in [1.807, 2.05) is 0 Å². The van der Waals surface area contributed by atoms with E-state index in [0.29, 0.717) is 5.75 Å². The Balaban J connectivity index is 2.73. The highest BCUT2D eigenvalue weighted by molar-refractivity contribution is 6.16. The molecule has 0 amide bonds. The molecule has 0 saturated carbocycles. The van der Waals surface area contributed by atoms with Crippen molar-refractivity contribution in [1.29, 1.82) is 0 Å². The maximum atomic E-state index is 11.5. The fraction of sp³-hybridized carbons (Fsp3) is 0.0833. The van der Waals surface area contributed by atoms with Crippen LogP contribution in [0.3, 0.4) is 0 Å². The van der Waals surface area contributed by atoms with Gasteiger partial charge in [-0.05, 0) is 24.3 Å². The zero-order valence-corrected chi connectivity index (χ0v) is 9.50. The fourth-order valence-electron chi connectivity index (χ4n) is 1.02. The van der Waals surface area contributed by atoms with E-state index in [9.17, 15) is 14.4 Å². The predicted octanol–water partition coefficient (Wildman–Crippen LogP) is 1.02. The number of hydrogen-bond acceptors (Lipinski definition) is 5. The molecule has 1 N–H and O–H groups in total. The van der Waals surface area contributed by atoms with Crippen LogP contribution in [0, 0.1) is 0 Å². The lowest BCUT2D eigenvalue weighted by Crippen LogP contribution is -2.18. The minimum Gasteiger partial charge on any atom is -0.497 e. The van der Waals surface area contributed by atoms with Crippen LogP contribution in [0.4, 0.5) is 0 Å². The number of carbonyl (C=O) groups is 3. The van der Waals surface area contributed by atoms with Crippen molar-refractivity contribution in [3.8, 4) is 5.75 Å². The summed E-state index contributed by atoms with van der Waals surface area (Å²) >= 11 is 0. The van der Waals surface area contributed by atoms with E-state index in [0.717, 1.165) is 0 Å². The third-order valence-electron chi connectivity index (χ3n) is 2.02. The van der Waals surface area contributed by atoms with E-state index in [1.165, 1.54) is 31.4 Å². The Morgan fingerprint density at radius 3 is 2.17 bits per heavy atom. The zero-order valence-electron chi connectivity index (χ0n) is 9.50. The molecule has 0 bridgehead atoms. The number of carbonyl (C=O) groups excluding carboxylic acids is 2. The smallest absolute Gasteiger partial charge is 0.352 e. The van der Waals surface area contributed by atoms with Gasteiger partial charge < -0.3 is 14.6 Å². The number of rotatable bonds is 4. The van der Waals surface area contributed by atoms with Crippen molar-refractivity contribution in [3.05, 3.63) is 42.0 Å². The largest absolute Gasteiger partial charge is 0.497 e. The summed E-state index contributed by atoms with van der Waals surface area (Å²) in [5.74, 6) is -3.25. The minimum absolute atomic E-state index is 0.0994. The van der Waals surface area contributed by atoms with Crippen LogP contribution in [0.1, 0.15) is 10.4 Å². The van der Waals surface area contributed by atoms with Gasteiger partial charge in [-0.15, -0.1) is 0 Å². The first-order valence-electron chi connectivity index (χ1n) is 4.78. The number of hydrogen-bond donors (Lipinski definition) is 1. The first-order chi connectivity index (χ1) is 8.45. The highest BCUT2D eigenvalue weighted by atomic mass is 16.6. The average Bonchev–Trinajstić information content (AvgIpc) is 2.37. The maximum absolute atomic E-state index is 11.5. The summed E-state index contributed by atoms with van der Waals surface area (Å²) in [5.41, 5.74) is -0.709. The minimum atomic E-state index is -1.54. The third-order valence-corrected chi connectivity index (χ3v) is 2.02. The van der Waals surface area contributed by atoms with Gasteiger partial charge in [-0.3, -0.25) is 0 Å². The molecule has 0 aliphatic carbocycles. The Morgan fingerprint density at radius 1 is 1.17 bits per heavy atom. The summed E-state index contributed by atoms with van der Waals surface area (Å²) in [6, 6.07) is 5.79. The van der Waals surface area contributed by atoms with Gasteiger partial charge in [-0.25, -0.2) is 14.4 Å². The molecule has 1 aromatic carbocycles. The predicted molar refractivity (Wildman–Crippen MR) is 60.2 cm³/mol. The first kappa shape index (κ1) is 13.4.